The van der Waals surface area contributed by atoms with Gasteiger partial charge in [-0.1, -0.05) is 51.3 Å². The molecule has 0 spiro atoms. The largest absolute Gasteiger partial charge is 0.441 e. The molecular formula is C18H13BrCl2N2O2. The zero-order valence-corrected chi connectivity index (χ0v) is 16.0. The van der Waals surface area contributed by atoms with E-state index in [9.17, 15) is 4.79 Å². The summed E-state index contributed by atoms with van der Waals surface area (Å²) in [5.74, 6) is 0.975. The number of carbonyl (C=O) groups excluding carboxylic acids is 1. The molecule has 1 amide bonds. The maximum atomic E-state index is 12.1. The molecule has 1 aromatic heterocycles. The van der Waals surface area contributed by atoms with Crippen LogP contribution in [0.5, 0.6) is 0 Å². The van der Waals surface area contributed by atoms with Crippen LogP contribution in [-0.4, -0.2) is 10.9 Å². The van der Waals surface area contributed by atoms with Crippen molar-refractivity contribution in [2.24, 2.45) is 0 Å². The van der Waals surface area contributed by atoms with Gasteiger partial charge >= 0.3 is 0 Å². The summed E-state index contributed by atoms with van der Waals surface area (Å²) in [4.78, 5) is 16.3. The van der Waals surface area contributed by atoms with Gasteiger partial charge in [0, 0.05) is 27.9 Å². The van der Waals surface area contributed by atoms with Crippen molar-refractivity contribution in [2.45, 2.75) is 12.8 Å². The number of benzene rings is 2. The highest BCUT2D eigenvalue weighted by molar-refractivity contribution is 9.10. The molecule has 0 saturated carbocycles. The minimum absolute atomic E-state index is 0.189. The van der Waals surface area contributed by atoms with Crippen molar-refractivity contribution in [3.63, 3.8) is 0 Å². The number of carbonyl (C=O) groups is 1. The Hall–Kier alpha value is -1.82. The third-order valence-corrected chi connectivity index (χ3v) is 4.49. The first-order chi connectivity index (χ1) is 12.0. The molecule has 3 aromatic rings. The molecule has 0 aliphatic rings. The van der Waals surface area contributed by atoms with Crippen molar-refractivity contribution in [1.29, 1.82) is 0 Å². The SMILES string of the molecule is O=C(CCc1ncc(-c2cccc(Br)c2)o1)Nc1cc(Cl)ccc1Cl. The van der Waals surface area contributed by atoms with Crippen LogP contribution in [0.3, 0.4) is 0 Å². The molecule has 0 bridgehead atoms. The van der Waals surface area contributed by atoms with E-state index in [1.54, 1.807) is 24.4 Å². The lowest BCUT2D eigenvalue weighted by Crippen LogP contribution is -2.12. The van der Waals surface area contributed by atoms with Gasteiger partial charge in [-0.05, 0) is 30.3 Å². The van der Waals surface area contributed by atoms with E-state index in [-0.39, 0.29) is 12.3 Å². The smallest absolute Gasteiger partial charge is 0.224 e. The number of rotatable bonds is 5. The topological polar surface area (TPSA) is 55.1 Å². The Morgan fingerprint density at radius 1 is 1.20 bits per heavy atom. The van der Waals surface area contributed by atoms with Crippen LogP contribution in [0, 0.1) is 0 Å². The molecule has 0 aliphatic heterocycles. The van der Waals surface area contributed by atoms with Crippen LogP contribution < -0.4 is 5.32 Å². The predicted octanol–water partition coefficient (Wildman–Crippen LogP) is 5.98. The predicted molar refractivity (Wildman–Crippen MR) is 103 cm³/mol. The van der Waals surface area contributed by atoms with Gasteiger partial charge in [0.05, 0.1) is 16.9 Å². The average Bonchev–Trinajstić information content (AvgIpc) is 3.05. The van der Waals surface area contributed by atoms with Crippen LogP contribution in [0.15, 0.2) is 57.6 Å². The van der Waals surface area contributed by atoms with E-state index in [2.05, 4.69) is 26.2 Å². The average molecular weight is 440 g/mol. The molecule has 0 aliphatic carbocycles. The van der Waals surface area contributed by atoms with Crippen molar-refractivity contribution in [3.05, 3.63) is 69.1 Å². The first-order valence-corrected chi connectivity index (χ1v) is 9.02. The zero-order valence-electron chi connectivity index (χ0n) is 12.9. The molecule has 1 N–H and O–H groups in total. The Balaban J connectivity index is 1.60. The lowest BCUT2D eigenvalue weighted by molar-refractivity contribution is -0.116. The second-order valence-corrected chi connectivity index (χ2v) is 7.06. The summed E-state index contributed by atoms with van der Waals surface area (Å²) in [5.41, 5.74) is 1.41. The van der Waals surface area contributed by atoms with Gasteiger partial charge in [0.2, 0.25) is 5.91 Å². The van der Waals surface area contributed by atoms with Crippen LogP contribution >= 0.6 is 39.1 Å². The van der Waals surface area contributed by atoms with Crippen LogP contribution in [0.25, 0.3) is 11.3 Å². The summed E-state index contributed by atoms with van der Waals surface area (Å²) in [6.07, 6.45) is 2.27. The maximum absolute atomic E-state index is 12.1. The minimum atomic E-state index is -0.189. The van der Waals surface area contributed by atoms with Gasteiger partial charge in [-0.2, -0.15) is 0 Å². The van der Waals surface area contributed by atoms with E-state index in [0.717, 1.165) is 10.0 Å². The lowest BCUT2D eigenvalue weighted by Gasteiger charge is -2.06. The summed E-state index contributed by atoms with van der Waals surface area (Å²) in [7, 11) is 0. The highest BCUT2D eigenvalue weighted by Gasteiger charge is 2.11. The fraction of sp³-hybridized carbons (Fsp3) is 0.111. The molecule has 0 fully saturated rings. The Morgan fingerprint density at radius 2 is 2.04 bits per heavy atom. The van der Waals surface area contributed by atoms with Gasteiger partial charge in [0.15, 0.2) is 11.7 Å². The van der Waals surface area contributed by atoms with Gasteiger partial charge in [0.1, 0.15) is 0 Å². The van der Waals surface area contributed by atoms with Crippen molar-refractivity contribution < 1.29 is 9.21 Å². The van der Waals surface area contributed by atoms with Gasteiger partial charge in [-0.3, -0.25) is 4.79 Å². The molecular weight excluding hydrogens is 427 g/mol. The molecule has 0 unspecified atom stereocenters. The third-order valence-electron chi connectivity index (χ3n) is 3.43. The quantitative estimate of drug-likeness (QED) is 0.531. The summed E-state index contributed by atoms with van der Waals surface area (Å²) >= 11 is 15.4. The van der Waals surface area contributed by atoms with Crippen molar-refractivity contribution in [1.82, 2.24) is 4.98 Å². The number of nitrogens with zero attached hydrogens (tertiary/aromatic N) is 1. The van der Waals surface area contributed by atoms with Gasteiger partial charge in [-0.15, -0.1) is 0 Å². The number of halogens is 3. The maximum Gasteiger partial charge on any atom is 0.224 e. The van der Waals surface area contributed by atoms with E-state index in [1.165, 1.54) is 0 Å². The Labute approximate surface area is 163 Å². The van der Waals surface area contributed by atoms with Crippen LogP contribution in [0.4, 0.5) is 5.69 Å². The highest BCUT2D eigenvalue weighted by Crippen LogP contribution is 2.26. The standard InChI is InChI=1S/C18H13BrCl2N2O2/c19-12-3-1-2-11(8-12)16-10-22-18(25-16)7-6-17(24)23-15-9-13(20)4-5-14(15)21/h1-5,8-10H,6-7H2,(H,23,24). The van der Waals surface area contributed by atoms with E-state index >= 15 is 0 Å². The fourth-order valence-corrected chi connectivity index (χ4v) is 2.96. The second kappa shape index (κ2) is 8.04. The summed E-state index contributed by atoms with van der Waals surface area (Å²) in [6, 6.07) is 12.6. The molecule has 4 nitrogen and oxygen atoms in total. The minimum Gasteiger partial charge on any atom is -0.441 e. The first kappa shape index (κ1) is 18.0. The van der Waals surface area contributed by atoms with Gasteiger partial charge < -0.3 is 9.73 Å². The van der Waals surface area contributed by atoms with Gasteiger partial charge in [0.25, 0.3) is 0 Å². The second-order valence-electron chi connectivity index (χ2n) is 5.30. The lowest BCUT2D eigenvalue weighted by atomic mass is 10.2. The Bertz CT molecular complexity index is 912. The van der Waals surface area contributed by atoms with E-state index in [4.69, 9.17) is 27.6 Å². The number of hydrogen-bond acceptors (Lipinski definition) is 3. The van der Waals surface area contributed by atoms with E-state index < -0.39 is 0 Å². The van der Waals surface area contributed by atoms with Crippen molar-refractivity contribution >= 4 is 50.7 Å². The highest BCUT2D eigenvalue weighted by atomic mass is 79.9. The van der Waals surface area contributed by atoms with Crippen LogP contribution in [-0.2, 0) is 11.2 Å². The number of oxazole rings is 1. The first-order valence-electron chi connectivity index (χ1n) is 7.47. The van der Waals surface area contributed by atoms with Gasteiger partial charge in [-0.25, -0.2) is 4.98 Å². The Kier molecular flexibility index (Phi) is 5.78. The number of hydrogen-bond donors (Lipinski definition) is 1. The molecule has 3 rings (SSSR count). The summed E-state index contributed by atoms with van der Waals surface area (Å²) < 4.78 is 6.67. The molecule has 0 radical (unpaired) electrons. The normalized spacial score (nSPS) is 10.7. The molecule has 1 heterocycles. The molecule has 2 aromatic carbocycles. The third kappa shape index (κ3) is 4.84. The molecule has 7 heteroatoms. The zero-order chi connectivity index (χ0) is 17.8. The molecule has 0 atom stereocenters. The summed E-state index contributed by atoms with van der Waals surface area (Å²) in [5, 5.41) is 3.68. The number of aryl methyl sites for hydroxylation is 1. The molecule has 0 saturated heterocycles. The molecule has 128 valence electrons. The summed E-state index contributed by atoms with van der Waals surface area (Å²) in [6.45, 7) is 0. The Morgan fingerprint density at radius 3 is 2.84 bits per heavy atom. The van der Waals surface area contributed by atoms with E-state index in [1.807, 2.05) is 24.3 Å². The van der Waals surface area contributed by atoms with Crippen LogP contribution in [0.2, 0.25) is 10.0 Å². The van der Waals surface area contributed by atoms with E-state index in [0.29, 0.717) is 33.8 Å². The number of nitrogens with one attached hydrogen (secondary N) is 1. The molecule has 25 heavy (non-hydrogen) atoms. The monoisotopic (exact) mass is 438 g/mol. The van der Waals surface area contributed by atoms with Crippen LogP contribution in [0.1, 0.15) is 12.3 Å². The van der Waals surface area contributed by atoms with Crippen molar-refractivity contribution in [3.8, 4) is 11.3 Å². The van der Waals surface area contributed by atoms with Crippen molar-refractivity contribution in [2.75, 3.05) is 5.32 Å². The number of amides is 1. The fourth-order valence-electron chi connectivity index (χ4n) is 2.23. The number of aromatic nitrogens is 1. The number of anilines is 1.